The van der Waals surface area contributed by atoms with Crippen molar-refractivity contribution in [3.63, 3.8) is 0 Å². The third kappa shape index (κ3) is 5.83. The summed E-state index contributed by atoms with van der Waals surface area (Å²) < 4.78 is 0. The molecule has 3 fully saturated rings. The molecule has 204 valence electrons. The zero-order valence-electron chi connectivity index (χ0n) is 22.7. The molecule has 4 heterocycles. The van der Waals surface area contributed by atoms with Crippen LogP contribution in [0.15, 0.2) is 42.5 Å². The molecule has 3 aliphatic heterocycles. The summed E-state index contributed by atoms with van der Waals surface area (Å²) in [4.78, 5) is 43.8. The summed E-state index contributed by atoms with van der Waals surface area (Å²) in [5.41, 5.74) is 1.42. The molecule has 9 heteroatoms. The van der Waals surface area contributed by atoms with Crippen molar-refractivity contribution in [1.29, 1.82) is 0 Å². The van der Waals surface area contributed by atoms with E-state index in [2.05, 4.69) is 31.0 Å². The number of amides is 1. The normalized spacial score (nSPS) is 18.2. The zero-order valence-corrected chi connectivity index (χ0v) is 22.7. The summed E-state index contributed by atoms with van der Waals surface area (Å²) in [5.74, 6) is 2.91. The van der Waals surface area contributed by atoms with Crippen LogP contribution in [-0.2, 0) is 4.79 Å². The second-order valence-electron chi connectivity index (χ2n) is 10.9. The smallest absolute Gasteiger partial charge is 0.238 e. The van der Waals surface area contributed by atoms with E-state index in [0.29, 0.717) is 12.1 Å². The first-order chi connectivity index (χ1) is 19.0. The van der Waals surface area contributed by atoms with Gasteiger partial charge in [-0.2, -0.15) is 9.97 Å². The number of rotatable bonds is 7. The number of nitrogens with zero attached hydrogens (tertiary/aromatic N) is 6. The van der Waals surface area contributed by atoms with Crippen LogP contribution in [0.4, 0.5) is 23.3 Å². The summed E-state index contributed by atoms with van der Waals surface area (Å²) in [5, 5.41) is 5.03. The molecule has 6 rings (SSSR count). The number of benzene rings is 2. The van der Waals surface area contributed by atoms with Gasteiger partial charge in [0.15, 0.2) is 5.78 Å². The minimum Gasteiger partial charge on any atom is -0.356 e. The van der Waals surface area contributed by atoms with Crippen LogP contribution < -0.4 is 20.0 Å². The minimum atomic E-state index is -0.0276. The predicted octanol–water partition coefficient (Wildman–Crippen LogP) is 3.79. The number of aromatic nitrogens is 2. The first-order valence-electron chi connectivity index (χ1n) is 14.2. The Bertz CT molecular complexity index is 1320. The van der Waals surface area contributed by atoms with E-state index < -0.39 is 0 Å². The Labute approximate surface area is 229 Å². The second kappa shape index (κ2) is 11.2. The van der Waals surface area contributed by atoms with Crippen LogP contribution >= 0.6 is 0 Å². The van der Waals surface area contributed by atoms with Crippen molar-refractivity contribution in [3.8, 4) is 0 Å². The first-order valence-corrected chi connectivity index (χ1v) is 14.2. The molecule has 0 atom stereocenters. The number of anilines is 4. The zero-order chi connectivity index (χ0) is 26.8. The lowest BCUT2D eigenvalue weighted by molar-refractivity contribution is -0.117. The van der Waals surface area contributed by atoms with E-state index in [1.807, 2.05) is 36.4 Å². The molecule has 9 nitrogen and oxygen atoms in total. The predicted molar refractivity (Wildman–Crippen MR) is 156 cm³/mol. The van der Waals surface area contributed by atoms with E-state index in [0.717, 1.165) is 86.4 Å². The Morgan fingerprint density at radius 2 is 1.33 bits per heavy atom. The lowest BCUT2D eigenvalue weighted by atomic mass is 10.0. The Hall–Kier alpha value is -3.72. The quantitative estimate of drug-likeness (QED) is 0.465. The topological polar surface area (TPSA) is 84.9 Å². The molecule has 0 saturated carbocycles. The minimum absolute atomic E-state index is 0.0276. The third-order valence-corrected chi connectivity index (χ3v) is 8.10. The average molecular weight is 528 g/mol. The Morgan fingerprint density at radius 1 is 0.718 bits per heavy atom. The lowest BCUT2D eigenvalue weighted by Gasteiger charge is -2.35. The fourth-order valence-corrected chi connectivity index (χ4v) is 5.82. The van der Waals surface area contributed by atoms with Crippen molar-refractivity contribution >= 4 is 45.7 Å². The largest absolute Gasteiger partial charge is 0.356 e. The second-order valence-corrected chi connectivity index (χ2v) is 10.9. The van der Waals surface area contributed by atoms with Crippen molar-refractivity contribution < 1.29 is 9.59 Å². The number of Topliss-reactive ketones (excluding diaryl/α,β-unsaturated/α-hetero) is 1. The van der Waals surface area contributed by atoms with Gasteiger partial charge in [-0.05, 0) is 61.6 Å². The van der Waals surface area contributed by atoms with Gasteiger partial charge in [-0.25, -0.2) is 0 Å². The molecule has 2 aromatic carbocycles. The molecule has 39 heavy (non-hydrogen) atoms. The molecule has 0 unspecified atom stereocenters. The number of ketones is 1. The maximum atomic E-state index is 12.9. The standard InChI is InChI=1S/C30H37N7O2/c1-22(38)24-7-6-23-8-9-26(19-25(23)18-24)31-29(39)21-34-14-16-36(17-15-34)28-20-27(35-10-2-3-11-35)32-30(33-28)37-12-4-5-13-37/h6-9,18-20H,2-5,10-17,21H2,1H3,(H,31,39). The number of fused-ring (bicyclic) bond motifs is 1. The van der Waals surface area contributed by atoms with Crippen molar-refractivity contribution in [3.05, 3.63) is 48.0 Å². The van der Waals surface area contributed by atoms with Crippen LogP contribution in [0, 0.1) is 0 Å². The molecule has 0 aliphatic carbocycles. The van der Waals surface area contributed by atoms with Crippen LogP contribution in [0.5, 0.6) is 0 Å². The van der Waals surface area contributed by atoms with Gasteiger partial charge in [0, 0.05) is 69.7 Å². The highest BCUT2D eigenvalue weighted by Gasteiger charge is 2.25. The first kappa shape index (κ1) is 25.6. The highest BCUT2D eigenvalue weighted by atomic mass is 16.2. The monoisotopic (exact) mass is 527 g/mol. The van der Waals surface area contributed by atoms with Gasteiger partial charge in [-0.3, -0.25) is 14.5 Å². The Balaban J connectivity index is 1.08. The molecule has 3 aliphatic rings. The molecular formula is C30H37N7O2. The Morgan fingerprint density at radius 3 is 2.00 bits per heavy atom. The fourth-order valence-electron chi connectivity index (χ4n) is 5.82. The van der Waals surface area contributed by atoms with Crippen molar-refractivity contribution in [2.75, 3.05) is 78.9 Å². The van der Waals surface area contributed by atoms with Crippen LogP contribution in [-0.4, -0.2) is 85.5 Å². The molecule has 0 spiro atoms. The molecule has 3 saturated heterocycles. The maximum Gasteiger partial charge on any atom is 0.238 e. The van der Waals surface area contributed by atoms with E-state index in [9.17, 15) is 9.59 Å². The molecule has 1 amide bonds. The van der Waals surface area contributed by atoms with E-state index in [1.165, 1.54) is 25.7 Å². The van der Waals surface area contributed by atoms with Gasteiger partial charge in [0.1, 0.15) is 11.6 Å². The fraction of sp³-hybridized carbons (Fsp3) is 0.467. The van der Waals surface area contributed by atoms with Gasteiger partial charge in [0.05, 0.1) is 6.54 Å². The summed E-state index contributed by atoms with van der Waals surface area (Å²) in [6, 6.07) is 13.6. The average Bonchev–Trinajstić information content (AvgIpc) is 3.68. The molecular weight excluding hydrogens is 490 g/mol. The number of carbonyl (C=O) groups excluding carboxylic acids is 2. The van der Waals surface area contributed by atoms with Gasteiger partial charge in [-0.1, -0.05) is 18.2 Å². The molecule has 0 radical (unpaired) electrons. The highest BCUT2D eigenvalue weighted by Crippen LogP contribution is 2.28. The van der Waals surface area contributed by atoms with Gasteiger partial charge < -0.3 is 20.0 Å². The van der Waals surface area contributed by atoms with Gasteiger partial charge in [-0.15, -0.1) is 0 Å². The van der Waals surface area contributed by atoms with E-state index in [1.54, 1.807) is 6.92 Å². The van der Waals surface area contributed by atoms with Crippen molar-refractivity contribution in [1.82, 2.24) is 14.9 Å². The molecule has 0 bridgehead atoms. The van der Waals surface area contributed by atoms with Crippen LogP contribution in [0.1, 0.15) is 43.0 Å². The molecule has 1 N–H and O–H groups in total. The van der Waals surface area contributed by atoms with E-state index in [-0.39, 0.29) is 11.7 Å². The number of carbonyl (C=O) groups is 2. The molecule has 1 aromatic heterocycles. The van der Waals surface area contributed by atoms with Gasteiger partial charge in [0.2, 0.25) is 11.9 Å². The van der Waals surface area contributed by atoms with Gasteiger partial charge in [0.25, 0.3) is 0 Å². The lowest BCUT2D eigenvalue weighted by Crippen LogP contribution is -2.49. The van der Waals surface area contributed by atoms with E-state index in [4.69, 9.17) is 9.97 Å². The highest BCUT2D eigenvalue weighted by molar-refractivity contribution is 6.00. The van der Waals surface area contributed by atoms with Crippen LogP contribution in [0.25, 0.3) is 10.8 Å². The number of nitrogens with one attached hydrogen (secondary N) is 1. The van der Waals surface area contributed by atoms with Gasteiger partial charge >= 0.3 is 0 Å². The maximum absolute atomic E-state index is 12.9. The van der Waals surface area contributed by atoms with E-state index >= 15 is 0 Å². The Kier molecular flexibility index (Phi) is 7.32. The summed E-state index contributed by atoms with van der Waals surface area (Å²) in [7, 11) is 0. The molecule has 3 aromatic rings. The number of piperazine rings is 1. The summed E-state index contributed by atoms with van der Waals surface area (Å²) >= 11 is 0. The van der Waals surface area contributed by atoms with Crippen molar-refractivity contribution in [2.45, 2.75) is 32.6 Å². The summed E-state index contributed by atoms with van der Waals surface area (Å²) in [6.45, 7) is 9.35. The SMILES string of the molecule is CC(=O)c1ccc2ccc(NC(=O)CN3CCN(c4cc(N5CCCC5)nc(N5CCCC5)n4)CC3)cc2c1. The number of hydrogen-bond donors (Lipinski definition) is 1. The number of hydrogen-bond acceptors (Lipinski definition) is 8. The van der Waals surface area contributed by atoms with Crippen LogP contribution in [0.3, 0.4) is 0 Å². The third-order valence-electron chi connectivity index (χ3n) is 8.10. The summed E-state index contributed by atoms with van der Waals surface area (Å²) in [6.07, 6.45) is 4.84. The van der Waals surface area contributed by atoms with Crippen molar-refractivity contribution in [2.24, 2.45) is 0 Å². The van der Waals surface area contributed by atoms with Crippen LogP contribution in [0.2, 0.25) is 0 Å².